The van der Waals surface area contributed by atoms with Gasteiger partial charge in [0.25, 0.3) is 5.91 Å². The van der Waals surface area contributed by atoms with Crippen LogP contribution in [0.5, 0.6) is 0 Å². The van der Waals surface area contributed by atoms with Gasteiger partial charge >= 0.3 is 0 Å². The zero-order valence-electron chi connectivity index (χ0n) is 12.1. The van der Waals surface area contributed by atoms with Crippen LogP contribution in [0.3, 0.4) is 0 Å². The monoisotopic (exact) mass is 272 g/mol. The van der Waals surface area contributed by atoms with Crippen molar-refractivity contribution in [3.8, 4) is 0 Å². The maximum Gasteiger partial charge on any atom is 0.251 e. The molecule has 0 saturated heterocycles. The summed E-state index contributed by atoms with van der Waals surface area (Å²) in [5.41, 5.74) is 1.63. The molecule has 20 heavy (non-hydrogen) atoms. The highest BCUT2D eigenvalue weighted by molar-refractivity contribution is 5.94. The summed E-state index contributed by atoms with van der Waals surface area (Å²) in [7, 11) is 1.97. The highest BCUT2D eigenvalue weighted by Gasteiger charge is 2.10. The molecule has 2 aromatic rings. The van der Waals surface area contributed by atoms with E-state index in [0.29, 0.717) is 12.1 Å². The van der Waals surface area contributed by atoms with Gasteiger partial charge in [0.2, 0.25) is 0 Å². The van der Waals surface area contributed by atoms with Crippen LogP contribution in [0.4, 0.5) is 5.69 Å². The predicted molar refractivity (Wildman–Crippen MR) is 79.7 cm³/mol. The molecule has 2 rings (SSSR count). The fourth-order valence-electron chi connectivity index (χ4n) is 2.09. The second-order valence-electron chi connectivity index (χ2n) is 4.70. The summed E-state index contributed by atoms with van der Waals surface area (Å²) in [6.07, 6.45) is 3.71. The number of nitrogens with zero attached hydrogens (tertiary/aromatic N) is 2. The molecule has 0 aliphatic heterocycles. The van der Waals surface area contributed by atoms with Crippen molar-refractivity contribution in [1.29, 1.82) is 0 Å². The zero-order chi connectivity index (χ0) is 14.5. The molecule has 106 valence electrons. The Morgan fingerprint density at radius 3 is 2.60 bits per heavy atom. The quantitative estimate of drug-likeness (QED) is 0.878. The van der Waals surface area contributed by atoms with E-state index in [1.54, 1.807) is 6.20 Å². The van der Waals surface area contributed by atoms with Crippen molar-refractivity contribution in [1.82, 2.24) is 14.9 Å². The number of aryl methyl sites for hydroxylation is 1. The maximum atomic E-state index is 11.7. The minimum atomic E-state index is -0.0452. The lowest BCUT2D eigenvalue weighted by Gasteiger charge is -2.15. The first-order chi connectivity index (χ1) is 9.61. The van der Waals surface area contributed by atoms with Gasteiger partial charge in [-0.15, -0.1) is 0 Å². The standard InChI is InChI=1S/C15H20N4O/c1-4-16-15(20)12-5-7-13(8-6-12)18-11(2)14-17-9-10-19(14)3/h5-11,18H,4H2,1-3H3,(H,16,20). The fraction of sp³-hybridized carbons (Fsp3) is 0.333. The topological polar surface area (TPSA) is 59.0 Å². The van der Waals surface area contributed by atoms with E-state index in [9.17, 15) is 4.79 Å². The Hall–Kier alpha value is -2.30. The van der Waals surface area contributed by atoms with Crippen LogP contribution in [0.25, 0.3) is 0 Å². The van der Waals surface area contributed by atoms with E-state index in [1.807, 2.05) is 49.0 Å². The van der Waals surface area contributed by atoms with Gasteiger partial charge in [-0.1, -0.05) is 0 Å². The van der Waals surface area contributed by atoms with Crippen molar-refractivity contribution in [2.45, 2.75) is 19.9 Å². The zero-order valence-corrected chi connectivity index (χ0v) is 12.1. The molecule has 0 radical (unpaired) electrons. The normalized spacial score (nSPS) is 11.9. The van der Waals surface area contributed by atoms with Gasteiger partial charge in [-0.25, -0.2) is 4.98 Å². The van der Waals surface area contributed by atoms with E-state index in [-0.39, 0.29) is 11.9 Å². The molecule has 1 amide bonds. The summed E-state index contributed by atoms with van der Waals surface area (Å²) >= 11 is 0. The van der Waals surface area contributed by atoms with Crippen LogP contribution in [0.1, 0.15) is 36.1 Å². The van der Waals surface area contributed by atoms with Gasteiger partial charge in [-0.2, -0.15) is 0 Å². The first-order valence-electron chi connectivity index (χ1n) is 6.74. The molecule has 0 fully saturated rings. The van der Waals surface area contributed by atoms with E-state index in [4.69, 9.17) is 0 Å². The van der Waals surface area contributed by atoms with Crippen molar-refractivity contribution in [3.63, 3.8) is 0 Å². The average molecular weight is 272 g/mol. The van der Waals surface area contributed by atoms with Crippen LogP contribution < -0.4 is 10.6 Å². The number of carbonyl (C=O) groups is 1. The third-order valence-electron chi connectivity index (χ3n) is 3.11. The summed E-state index contributed by atoms with van der Waals surface area (Å²) in [5.74, 6) is 0.925. The van der Waals surface area contributed by atoms with Crippen LogP contribution in [0.2, 0.25) is 0 Å². The number of amides is 1. The first-order valence-corrected chi connectivity index (χ1v) is 6.74. The van der Waals surface area contributed by atoms with Gasteiger partial charge in [-0.05, 0) is 38.1 Å². The predicted octanol–water partition coefficient (Wildman–Crippen LogP) is 2.34. The van der Waals surface area contributed by atoms with Crippen molar-refractivity contribution >= 4 is 11.6 Å². The second-order valence-corrected chi connectivity index (χ2v) is 4.70. The number of imidazole rings is 1. The lowest BCUT2D eigenvalue weighted by Crippen LogP contribution is -2.22. The molecule has 5 heteroatoms. The molecule has 0 aliphatic carbocycles. The summed E-state index contributed by atoms with van der Waals surface area (Å²) in [6, 6.07) is 7.55. The van der Waals surface area contributed by atoms with Crippen LogP contribution in [0, 0.1) is 0 Å². The average Bonchev–Trinajstić information content (AvgIpc) is 2.86. The largest absolute Gasteiger partial charge is 0.375 e. The summed E-state index contributed by atoms with van der Waals surface area (Å²) in [6.45, 7) is 4.59. The SMILES string of the molecule is CCNC(=O)c1ccc(NC(C)c2nccn2C)cc1. The minimum absolute atomic E-state index is 0.0452. The molecule has 2 N–H and O–H groups in total. The Balaban J connectivity index is 2.04. The number of hydrogen-bond acceptors (Lipinski definition) is 3. The van der Waals surface area contributed by atoms with E-state index in [0.717, 1.165) is 11.5 Å². The van der Waals surface area contributed by atoms with Gasteiger partial charge in [0, 0.05) is 37.2 Å². The minimum Gasteiger partial charge on any atom is -0.375 e. The Morgan fingerprint density at radius 2 is 2.05 bits per heavy atom. The van der Waals surface area contributed by atoms with Crippen LogP contribution in [-0.2, 0) is 7.05 Å². The molecular formula is C15H20N4O. The van der Waals surface area contributed by atoms with Gasteiger partial charge < -0.3 is 15.2 Å². The Morgan fingerprint density at radius 1 is 1.35 bits per heavy atom. The van der Waals surface area contributed by atoms with Gasteiger partial charge in [0.1, 0.15) is 5.82 Å². The number of aromatic nitrogens is 2. The van der Waals surface area contributed by atoms with Gasteiger partial charge in [0.15, 0.2) is 0 Å². The van der Waals surface area contributed by atoms with Crippen LogP contribution in [0.15, 0.2) is 36.7 Å². The van der Waals surface area contributed by atoms with E-state index in [1.165, 1.54) is 0 Å². The highest BCUT2D eigenvalue weighted by atomic mass is 16.1. The number of carbonyl (C=O) groups excluding carboxylic acids is 1. The smallest absolute Gasteiger partial charge is 0.251 e. The van der Waals surface area contributed by atoms with Crippen molar-refractivity contribution < 1.29 is 4.79 Å². The highest BCUT2D eigenvalue weighted by Crippen LogP contribution is 2.18. The van der Waals surface area contributed by atoms with Crippen molar-refractivity contribution in [2.75, 3.05) is 11.9 Å². The molecule has 1 aromatic carbocycles. The maximum absolute atomic E-state index is 11.7. The second kappa shape index (κ2) is 6.23. The summed E-state index contributed by atoms with van der Waals surface area (Å²) in [4.78, 5) is 16.0. The summed E-state index contributed by atoms with van der Waals surface area (Å²) < 4.78 is 1.99. The van der Waals surface area contributed by atoms with Gasteiger partial charge in [-0.3, -0.25) is 4.79 Å². The number of hydrogen-bond donors (Lipinski definition) is 2. The summed E-state index contributed by atoms with van der Waals surface area (Å²) in [5, 5.41) is 6.15. The molecule has 0 bridgehead atoms. The molecular weight excluding hydrogens is 252 g/mol. The van der Waals surface area contributed by atoms with Crippen molar-refractivity contribution in [2.24, 2.45) is 7.05 Å². The number of rotatable bonds is 5. The van der Waals surface area contributed by atoms with E-state index < -0.39 is 0 Å². The number of benzene rings is 1. The number of nitrogens with one attached hydrogen (secondary N) is 2. The molecule has 1 aromatic heterocycles. The lowest BCUT2D eigenvalue weighted by atomic mass is 10.2. The fourth-order valence-corrected chi connectivity index (χ4v) is 2.09. The Labute approximate surface area is 119 Å². The lowest BCUT2D eigenvalue weighted by molar-refractivity contribution is 0.0956. The third kappa shape index (κ3) is 3.17. The van der Waals surface area contributed by atoms with Crippen LogP contribution in [-0.4, -0.2) is 22.0 Å². The molecule has 1 atom stereocenters. The molecule has 1 heterocycles. The molecule has 1 unspecified atom stereocenters. The van der Waals surface area contributed by atoms with E-state index >= 15 is 0 Å². The van der Waals surface area contributed by atoms with Crippen molar-refractivity contribution in [3.05, 3.63) is 48.0 Å². The molecule has 5 nitrogen and oxygen atoms in total. The Bertz CT molecular complexity index is 574. The van der Waals surface area contributed by atoms with E-state index in [2.05, 4.69) is 22.5 Å². The first kappa shape index (κ1) is 14.1. The molecule has 0 aliphatic rings. The molecule has 0 saturated carbocycles. The number of anilines is 1. The molecule has 0 spiro atoms. The Kier molecular flexibility index (Phi) is 4.40. The van der Waals surface area contributed by atoms with Crippen LogP contribution >= 0.6 is 0 Å². The van der Waals surface area contributed by atoms with Gasteiger partial charge in [0.05, 0.1) is 6.04 Å². The third-order valence-corrected chi connectivity index (χ3v) is 3.11.